The van der Waals surface area contributed by atoms with E-state index in [9.17, 15) is 9.90 Å². The van der Waals surface area contributed by atoms with Crippen LogP contribution in [0.3, 0.4) is 0 Å². The molecule has 1 amide bonds. The first-order valence-corrected chi connectivity index (χ1v) is 9.16. The Morgan fingerprint density at radius 3 is 2.69 bits per heavy atom. The summed E-state index contributed by atoms with van der Waals surface area (Å²) in [6, 6.07) is 15.6. The van der Waals surface area contributed by atoms with Gasteiger partial charge in [0, 0.05) is 11.3 Å². The quantitative estimate of drug-likeness (QED) is 0.791. The Morgan fingerprint density at radius 2 is 1.92 bits per heavy atom. The molecule has 0 saturated carbocycles. The third-order valence-electron chi connectivity index (χ3n) is 5.52. The summed E-state index contributed by atoms with van der Waals surface area (Å²) >= 11 is 0. The molecule has 3 atom stereocenters. The zero-order valence-corrected chi connectivity index (χ0v) is 14.9. The van der Waals surface area contributed by atoms with Crippen LogP contribution in [0.15, 0.2) is 48.5 Å². The van der Waals surface area contributed by atoms with Crippen molar-refractivity contribution in [1.29, 1.82) is 0 Å². The second-order valence-corrected chi connectivity index (χ2v) is 7.10. The largest absolute Gasteiger partial charge is 0.494 e. The highest BCUT2D eigenvalue weighted by atomic mass is 16.5. The van der Waals surface area contributed by atoms with Crippen LogP contribution >= 0.6 is 0 Å². The number of aliphatic hydroxyl groups is 1. The molecule has 4 rings (SSSR count). The zero-order chi connectivity index (χ0) is 18.1. The maximum atomic E-state index is 13.1. The second kappa shape index (κ2) is 6.65. The van der Waals surface area contributed by atoms with Gasteiger partial charge in [-0.05, 0) is 37.5 Å². The van der Waals surface area contributed by atoms with Crippen LogP contribution in [0, 0.1) is 5.41 Å². The summed E-state index contributed by atoms with van der Waals surface area (Å²) in [5.41, 5.74) is 2.52. The van der Waals surface area contributed by atoms with Gasteiger partial charge in [-0.15, -0.1) is 0 Å². The number of hydrogen-bond acceptors (Lipinski definition) is 4. The van der Waals surface area contributed by atoms with E-state index in [1.54, 1.807) is 0 Å². The Morgan fingerprint density at radius 1 is 1.15 bits per heavy atom. The lowest BCUT2D eigenvalue weighted by molar-refractivity contribution is -0.128. The van der Waals surface area contributed by atoms with Gasteiger partial charge in [-0.25, -0.2) is 0 Å². The van der Waals surface area contributed by atoms with Crippen LogP contribution in [0.2, 0.25) is 0 Å². The van der Waals surface area contributed by atoms with Gasteiger partial charge < -0.3 is 20.5 Å². The molecule has 5 heteroatoms. The van der Waals surface area contributed by atoms with Crippen molar-refractivity contribution in [3.8, 4) is 5.75 Å². The maximum Gasteiger partial charge on any atom is 0.229 e. The number of aliphatic hydroxyl groups excluding tert-OH is 1. The Kier molecular flexibility index (Phi) is 4.32. The van der Waals surface area contributed by atoms with Crippen LogP contribution in [0.5, 0.6) is 5.75 Å². The van der Waals surface area contributed by atoms with Gasteiger partial charge in [0.1, 0.15) is 5.75 Å². The van der Waals surface area contributed by atoms with Gasteiger partial charge in [0.15, 0.2) is 0 Å². The van der Waals surface area contributed by atoms with Crippen molar-refractivity contribution in [2.24, 2.45) is 5.41 Å². The van der Waals surface area contributed by atoms with E-state index in [0.29, 0.717) is 19.4 Å². The molecule has 0 aliphatic carbocycles. The molecule has 2 heterocycles. The highest BCUT2D eigenvalue weighted by Crippen LogP contribution is 2.52. The number of rotatable bonds is 4. The van der Waals surface area contributed by atoms with Gasteiger partial charge in [-0.1, -0.05) is 36.4 Å². The molecular weight excluding hydrogens is 328 g/mol. The van der Waals surface area contributed by atoms with Crippen molar-refractivity contribution < 1.29 is 14.6 Å². The Balaban J connectivity index is 1.84. The normalized spacial score (nSPS) is 26.9. The molecule has 136 valence electrons. The fourth-order valence-electron chi connectivity index (χ4n) is 4.36. The molecule has 2 aliphatic heterocycles. The van der Waals surface area contributed by atoms with Gasteiger partial charge in [-0.2, -0.15) is 0 Å². The average Bonchev–Trinajstić information content (AvgIpc) is 2.98. The standard InChI is InChI=1S/C21H24N2O3/c1-2-26-18-10-6-4-8-16(18)19-21(12-15(13-24)22-20(21)25)11-14-7-3-5-9-17(14)23-19/h3-10,15,19,23-24H,2,11-13H2,1H3,(H,22,25)/t15-,19-,21-/m1/s1. The van der Waals surface area contributed by atoms with Crippen molar-refractivity contribution >= 4 is 11.6 Å². The highest BCUT2D eigenvalue weighted by molar-refractivity contribution is 5.88. The van der Waals surface area contributed by atoms with E-state index in [4.69, 9.17) is 4.74 Å². The van der Waals surface area contributed by atoms with E-state index in [1.807, 2.05) is 43.3 Å². The molecular formula is C21H24N2O3. The maximum absolute atomic E-state index is 13.1. The van der Waals surface area contributed by atoms with Crippen molar-refractivity contribution in [3.05, 3.63) is 59.7 Å². The number of amides is 1. The average molecular weight is 352 g/mol. The van der Waals surface area contributed by atoms with E-state index in [2.05, 4.69) is 22.8 Å². The lowest BCUT2D eigenvalue weighted by Gasteiger charge is -2.42. The first-order valence-electron chi connectivity index (χ1n) is 9.16. The summed E-state index contributed by atoms with van der Waals surface area (Å²) in [6.07, 6.45) is 1.23. The summed E-state index contributed by atoms with van der Waals surface area (Å²) in [6.45, 7) is 2.48. The van der Waals surface area contributed by atoms with Crippen LogP contribution in [0.4, 0.5) is 5.69 Å². The lowest BCUT2D eigenvalue weighted by Crippen LogP contribution is -2.45. The van der Waals surface area contributed by atoms with Crippen LogP contribution in [-0.4, -0.2) is 30.3 Å². The smallest absolute Gasteiger partial charge is 0.229 e. The lowest BCUT2D eigenvalue weighted by atomic mass is 9.68. The molecule has 1 spiro atoms. The number of fused-ring (bicyclic) bond motifs is 1. The molecule has 0 bridgehead atoms. The van der Waals surface area contributed by atoms with Crippen molar-refractivity contribution in [3.63, 3.8) is 0 Å². The molecule has 3 N–H and O–H groups in total. The number of anilines is 1. The molecule has 2 aromatic rings. The van der Waals surface area contributed by atoms with Gasteiger partial charge in [0.2, 0.25) is 5.91 Å². The first kappa shape index (κ1) is 16.9. The zero-order valence-electron chi connectivity index (χ0n) is 14.9. The van der Waals surface area contributed by atoms with E-state index >= 15 is 0 Å². The number of benzene rings is 2. The number of carbonyl (C=O) groups excluding carboxylic acids is 1. The Hall–Kier alpha value is -2.53. The summed E-state index contributed by atoms with van der Waals surface area (Å²) < 4.78 is 5.85. The van der Waals surface area contributed by atoms with Gasteiger partial charge in [0.05, 0.1) is 30.7 Å². The summed E-state index contributed by atoms with van der Waals surface area (Å²) in [5.74, 6) is 0.793. The van der Waals surface area contributed by atoms with Crippen LogP contribution in [-0.2, 0) is 11.2 Å². The predicted octanol–water partition coefficient (Wildman–Crippen LogP) is 2.66. The van der Waals surface area contributed by atoms with E-state index in [0.717, 1.165) is 22.6 Å². The second-order valence-electron chi connectivity index (χ2n) is 7.10. The van der Waals surface area contributed by atoms with E-state index < -0.39 is 5.41 Å². The molecule has 1 fully saturated rings. The van der Waals surface area contributed by atoms with Gasteiger partial charge in [0.25, 0.3) is 0 Å². The summed E-state index contributed by atoms with van der Waals surface area (Å²) in [7, 11) is 0. The molecule has 5 nitrogen and oxygen atoms in total. The molecule has 0 unspecified atom stereocenters. The number of carbonyl (C=O) groups is 1. The number of para-hydroxylation sites is 2. The van der Waals surface area contributed by atoms with Crippen molar-refractivity contribution in [1.82, 2.24) is 5.32 Å². The fourth-order valence-corrected chi connectivity index (χ4v) is 4.36. The molecule has 0 aromatic heterocycles. The molecule has 0 radical (unpaired) electrons. The minimum atomic E-state index is -0.644. The number of nitrogens with one attached hydrogen (secondary N) is 2. The van der Waals surface area contributed by atoms with Crippen molar-refractivity contribution in [2.75, 3.05) is 18.5 Å². The predicted molar refractivity (Wildman–Crippen MR) is 100 cm³/mol. The highest BCUT2D eigenvalue weighted by Gasteiger charge is 2.55. The molecule has 2 aromatic carbocycles. The van der Waals surface area contributed by atoms with E-state index in [1.165, 1.54) is 0 Å². The third-order valence-corrected chi connectivity index (χ3v) is 5.52. The number of ether oxygens (including phenoxy) is 1. The number of hydrogen-bond donors (Lipinski definition) is 3. The van der Waals surface area contributed by atoms with Crippen LogP contribution in [0.25, 0.3) is 0 Å². The van der Waals surface area contributed by atoms with Gasteiger partial charge in [-0.3, -0.25) is 4.79 Å². The molecule has 1 saturated heterocycles. The fraction of sp³-hybridized carbons (Fsp3) is 0.381. The molecule has 26 heavy (non-hydrogen) atoms. The summed E-state index contributed by atoms with van der Waals surface area (Å²) in [5, 5.41) is 16.2. The van der Waals surface area contributed by atoms with Crippen LogP contribution < -0.4 is 15.4 Å². The summed E-state index contributed by atoms with van der Waals surface area (Å²) in [4.78, 5) is 13.1. The topological polar surface area (TPSA) is 70.6 Å². The van der Waals surface area contributed by atoms with Crippen LogP contribution in [0.1, 0.15) is 30.5 Å². The van der Waals surface area contributed by atoms with Crippen molar-refractivity contribution in [2.45, 2.75) is 31.8 Å². The Labute approximate surface area is 153 Å². The third kappa shape index (κ3) is 2.63. The Bertz CT molecular complexity index is 822. The minimum absolute atomic E-state index is 0.00476. The minimum Gasteiger partial charge on any atom is -0.494 e. The first-order chi connectivity index (χ1) is 12.7. The van der Waals surface area contributed by atoms with Gasteiger partial charge >= 0.3 is 0 Å². The monoisotopic (exact) mass is 352 g/mol. The molecule has 2 aliphatic rings. The SMILES string of the molecule is CCOc1ccccc1[C@H]1Nc2ccccc2C[C@@]12C[C@H](CO)NC2=O. The van der Waals surface area contributed by atoms with E-state index in [-0.39, 0.29) is 24.6 Å².